The average molecular weight is 498 g/mol. The number of aryl methyl sites for hydroxylation is 1. The molecule has 0 saturated carbocycles. The third kappa shape index (κ3) is 4.46. The molecular formula is C19H20F6N4O3S. The van der Waals surface area contributed by atoms with Crippen molar-refractivity contribution in [3.8, 4) is 0 Å². The summed E-state index contributed by atoms with van der Waals surface area (Å²) in [6.45, 7) is 1.85. The maximum atomic E-state index is 13.0. The van der Waals surface area contributed by atoms with E-state index in [0.29, 0.717) is 12.1 Å². The smallest absolute Gasteiger partial charge is 0.384 e. The Kier molecular flexibility index (Phi) is 6.32. The summed E-state index contributed by atoms with van der Waals surface area (Å²) >= 11 is 0. The fourth-order valence-corrected chi connectivity index (χ4v) is 5.15. The van der Waals surface area contributed by atoms with Crippen molar-refractivity contribution in [1.82, 2.24) is 9.29 Å². The van der Waals surface area contributed by atoms with E-state index in [9.17, 15) is 39.9 Å². The number of aromatic nitrogens is 1. The number of hydrogen-bond donors (Lipinski definition) is 2. The number of pyridine rings is 1. The fraction of sp³-hybridized carbons (Fsp3) is 0.421. The summed E-state index contributed by atoms with van der Waals surface area (Å²) in [7, 11) is -3.87. The summed E-state index contributed by atoms with van der Waals surface area (Å²) in [5.41, 5.74) is -0.299. The molecule has 1 fully saturated rings. The van der Waals surface area contributed by atoms with Crippen LogP contribution in [0.25, 0.3) is 0 Å². The number of anilines is 2. The van der Waals surface area contributed by atoms with Gasteiger partial charge in [0.2, 0.25) is 10.0 Å². The number of piperazine rings is 1. The monoisotopic (exact) mass is 498 g/mol. The van der Waals surface area contributed by atoms with Crippen molar-refractivity contribution in [3.05, 3.63) is 47.7 Å². The van der Waals surface area contributed by atoms with E-state index in [2.05, 4.69) is 4.98 Å². The Bertz CT molecular complexity index is 1100. The van der Waals surface area contributed by atoms with Gasteiger partial charge in [-0.2, -0.15) is 30.6 Å². The predicted molar refractivity (Wildman–Crippen MR) is 107 cm³/mol. The highest BCUT2D eigenvalue weighted by molar-refractivity contribution is 7.89. The molecule has 3 rings (SSSR count). The lowest BCUT2D eigenvalue weighted by Crippen LogP contribution is -2.54. The summed E-state index contributed by atoms with van der Waals surface area (Å²) in [5, 5.41) is 9.48. The van der Waals surface area contributed by atoms with E-state index in [4.69, 9.17) is 5.73 Å². The number of nitrogen functional groups attached to an aromatic ring is 1. The Morgan fingerprint density at radius 2 is 1.42 bits per heavy atom. The molecule has 182 valence electrons. The molecule has 0 amide bonds. The lowest BCUT2D eigenvalue weighted by atomic mass is 9.92. The number of alkyl halides is 6. The molecule has 1 saturated heterocycles. The molecule has 3 N–H and O–H groups in total. The molecule has 1 aromatic heterocycles. The third-order valence-electron chi connectivity index (χ3n) is 5.39. The second-order valence-corrected chi connectivity index (χ2v) is 9.37. The Hall–Kier alpha value is -2.58. The Morgan fingerprint density at radius 1 is 0.909 bits per heavy atom. The van der Waals surface area contributed by atoms with Gasteiger partial charge in [-0.05, 0) is 31.2 Å². The van der Waals surface area contributed by atoms with E-state index < -0.39 is 33.5 Å². The second kappa shape index (κ2) is 8.33. The minimum absolute atomic E-state index is 0.00640. The number of halogens is 6. The molecule has 7 nitrogen and oxygen atoms in total. The highest BCUT2D eigenvalue weighted by atomic mass is 32.2. The lowest BCUT2D eigenvalue weighted by molar-refractivity contribution is -0.376. The number of nitrogens with zero attached hydrogens (tertiary/aromatic N) is 3. The summed E-state index contributed by atoms with van der Waals surface area (Å²) in [6.07, 6.45) is -11.9. The van der Waals surface area contributed by atoms with Crippen LogP contribution in [-0.2, 0) is 15.6 Å². The van der Waals surface area contributed by atoms with Gasteiger partial charge in [0.25, 0.3) is 5.60 Å². The van der Waals surface area contributed by atoms with Crippen molar-refractivity contribution in [2.45, 2.75) is 29.8 Å². The van der Waals surface area contributed by atoms with E-state index in [1.807, 2.05) is 0 Å². The van der Waals surface area contributed by atoms with Gasteiger partial charge in [-0.3, -0.25) is 0 Å². The zero-order valence-electron chi connectivity index (χ0n) is 17.2. The van der Waals surface area contributed by atoms with Crippen LogP contribution < -0.4 is 10.6 Å². The number of nitrogens with two attached hydrogens (primary N) is 1. The molecule has 0 bridgehead atoms. The van der Waals surface area contributed by atoms with Gasteiger partial charge in [-0.25, -0.2) is 13.4 Å². The summed E-state index contributed by atoms with van der Waals surface area (Å²) in [5.74, 6) is 0.169. The van der Waals surface area contributed by atoms with Crippen molar-refractivity contribution in [2.24, 2.45) is 0 Å². The van der Waals surface area contributed by atoms with Gasteiger partial charge >= 0.3 is 12.4 Å². The topological polar surface area (TPSA) is 99.8 Å². The first-order valence-electron chi connectivity index (χ1n) is 9.53. The van der Waals surface area contributed by atoms with Crippen LogP contribution in [0, 0.1) is 6.92 Å². The number of sulfonamides is 1. The number of benzene rings is 1. The molecule has 0 aliphatic carbocycles. The van der Waals surface area contributed by atoms with Crippen molar-refractivity contribution in [3.63, 3.8) is 0 Å². The van der Waals surface area contributed by atoms with Crippen LogP contribution in [-0.4, -0.2) is 61.3 Å². The van der Waals surface area contributed by atoms with E-state index in [-0.39, 0.29) is 48.3 Å². The van der Waals surface area contributed by atoms with Crippen LogP contribution in [0.4, 0.5) is 37.8 Å². The highest BCUT2D eigenvalue weighted by Crippen LogP contribution is 2.50. The van der Waals surface area contributed by atoms with E-state index in [0.717, 1.165) is 12.1 Å². The number of rotatable bonds is 4. The minimum Gasteiger partial charge on any atom is -0.384 e. The van der Waals surface area contributed by atoms with Gasteiger partial charge < -0.3 is 15.7 Å². The summed E-state index contributed by atoms with van der Waals surface area (Å²) < 4.78 is 105. The van der Waals surface area contributed by atoms with Gasteiger partial charge in [-0.15, -0.1) is 0 Å². The maximum Gasteiger partial charge on any atom is 0.430 e. The molecule has 0 unspecified atom stereocenters. The zero-order chi connectivity index (χ0) is 24.8. The molecule has 0 spiro atoms. The van der Waals surface area contributed by atoms with E-state index in [1.165, 1.54) is 23.4 Å². The number of hydrogen-bond acceptors (Lipinski definition) is 6. The first-order valence-corrected chi connectivity index (χ1v) is 11.0. The first kappa shape index (κ1) is 25.1. The van der Waals surface area contributed by atoms with Gasteiger partial charge in [0.05, 0.1) is 5.69 Å². The molecule has 1 aromatic carbocycles. The second-order valence-electron chi connectivity index (χ2n) is 7.46. The summed E-state index contributed by atoms with van der Waals surface area (Å²) in [4.78, 5) is 5.55. The number of aliphatic hydroxyl groups is 1. The summed E-state index contributed by atoms with van der Waals surface area (Å²) in [6, 6.07) is 5.87. The standard InChI is InChI=1S/C19H20F6N4O3S/c1-12-15(6-7-16(26)27-12)33(31,32)29-10-8-28(9-11-29)14-4-2-13(3-5-14)17(30,18(20,21)22)19(23,24)25/h2-7,30H,8-11H2,1H3,(H2,26,27). The lowest BCUT2D eigenvalue weighted by Gasteiger charge is -2.36. The largest absolute Gasteiger partial charge is 0.430 e. The van der Waals surface area contributed by atoms with Crippen LogP contribution >= 0.6 is 0 Å². The maximum absolute atomic E-state index is 13.0. The molecule has 14 heteroatoms. The highest BCUT2D eigenvalue weighted by Gasteiger charge is 2.71. The third-order valence-corrected chi connectivity index (χ3v) is 7.42. The molecule has 1 aliphatic heterocycles. The normalized spacial score (nSPS) is 16.8. The van der Waals surface area contributed by atoms with Crippen molar-refractivity contribution >= 4 is 21.5 Å². The van der Waals surface area contributed by atoms with E-state index in [1.54, 1.807) is 4.90 Å². The van der Waals surface area contributed by atoms with E-state index >= 15 is 0 Å². The molecule has 2 heterocycles. The molecule has 0 atom stereocenters. The van der Waals surface area contributed by atoms with Crippen molar-refractivity contribution in [2.75, 3.05) is 36.8 Å². The molecule has 2 aromatic rings. The van der Waals surface area contributed by atoms with Crippen LogP contribution in [0.1, 0.15) is 11.3 Å². The van der Waals surface area contributed by atoms with Crippen LogP contribution in [0.3, 0.4) is 0 Å². The van der Waals surface area contributed by atoms with Crippen molar-refractivity contribution in [1.29, 1.82) is 0 Å². The van der Waals surface area contributed by atoms with Gasteiger partial charge in [-0.1, -0.05) is 12.1 Å². The van der Waals surface area contributed by atoms with Crippen LogP contribution in [0.5, 0.6) is 0 Å². The fourth-order valence-electron chi connectivity index (χ4n) is 3.57. The van der Waals surface area contributed by atoms with Gasteiger partial charge in [0, 0.05) is 37.4 Å². The molecular weight excluding hydrogens is 478 g/mol. The van der Waals surface area contributed by atoms with Crippen LogP contribution in [0.15, 0.2) is 41.3 Å². The molecule has 0 radical (unpaired) electrons. The Labute approximate surface area is 185 Å². The first-order chi connectivity index (χ1) is 15.1. The van der Waals surface area contributed by atoms with Crippen LogP contribution in [0.2, 0.25) is 0 Å². The molecule has 1 aliphatic rings. The van der Waals surface area contributed by atoms with Gasteiger partial charge in [0.1, 0.15) is 10.7 Å². The Balaban J connectivity index is 1.77. The minimum atomic E-state index is -5.97. The van der Waals surface area contributed by atoms with Crippen molar-refractivity contribution < 1.29 is 39.9 Å². The zero-order valence-corrected chi connectivity index (χ0v) is 18.0. The van der Waals surface area contributed by atoms with Gasteiger partial charge in [0.15, 0.2) is 0 Å². The average Bonchev–Trinajstić information content (AvgIpc) is 2.71. The Morgan fingerprint density at radius 3 is 1.88 bits per heavy atom. The quantitative estimate of drug-likeness (QED) is 0.629. The SMILES string of the molecule is Cc1nc(N)ccc1S(=O)(=O)N1CCN(c2ccc(C(O)(C(F)(F)F)C(F)(F)F)cc2)CC1. The predicted octanol–water partition coefficient (Wildman–Crippen LogP) is 2.80. The molecule has 33 heavy (non-hydrogen) atoms.